The Morgan fingerprint density at radius 3 is 2.26 bits per heavy atom. The molecule has 0 radical (unpaired) electrons. The molecule has 1 atom stereocenters. The average Bonchev–Trinajstić information content (AvgIpc) is 2.84. The molecule has 34 heavy (non-hydrogen) atoms. The predicted molar refractivity (Wildman–Crippen MR) is 144 cm³/mol. The van der Waals surface area contributed by atoms with E-state index in [1.54, 1.807) is 36.4 Å². The maximum atomic E-state index is 12.3. The second kappa shape index (κ2) is 13.7. The van der Waals surface area contributed by atoms with Crippen molar-refractivity contribution in [2.45, 2.75) is 34.1 Å². The highest BCUT2D eigenvalue weighted by molar-refractivity contribution is 8.19. The molecule has 2 aromatic rings. The highest BCUT2D eigenvalue weighted by Crippen LogP contribution is 2.34. The van der Waals surface area contributed by atoms with E-state index >= 15 is 0 Å². The summed E-state index contributed by atoms with van der Waals surface area (Å²) in [7, 11) is -1.71. The number of anilines is 2. The third-order valence-electron chi connectivity index (χ3n) is 4.24. The average molecular weight is 519 g/mol. The van der Waals surface area contributed by atoms with Crippen LogP contribution in [0.25, 0.3) is 0 Å². The number of hydrogen-bond donors (Lipinski definition) is 2. The molecule has 0 saturated heterocycles. The molecule has 1 aliphatic heterocycles. The number of amides is 3. The number of hydrazone groups is 1. The molecule has 0 aliphatic carbocycles. The Morgan fingerprint density at radius 1 is 1.03 bits per heavy atom. The molecule has 10 heteroatoms. The van der Waals surface area contributed by atoms with Crippen LogP contribution in [0.2, 0.25) is 0 Å². The largest absolute Gasteiger partial charge is 0.331 e. The van der Waals surface area contributed by atoms with Gasteiger partial charge >= 0.3 is 6.03 Å². The summed E-state index contributed by atoms with van der Waals surface area (Å²) in [6.07, 6.45) is 4.11. The minimum Gasteiger partial charge on any atom is -0.307 e. The van der Waals surface area contributed by atoms with Gasteiger partial charge in [0.1, 0.15) is 0 Å². The lowest BCUT2D eigenvalue weighted by Gasteiger charge is -2.17. The molecule has 0 spiro atoms. The molecular weight excluding hydrogens is 492 g/mol. The van der Waals surface area contributed by atoms with E-state index in [0.29, 0.717) is 32.1 Å². The topological polar surface area (TPSA) is 90.9 Å². The van der Waals surface area contributed by atoms with E-state index in [9.17, 15) is 13.8 Å². The Balaban J connectivity index is 0.00000199. The Bertz CT molecular complexity index is 1120. The van der Waals surface area contributed by atoms with Gasteiger partial charge in [-0.2, -0.15) is 5.10 Å². The summed E-state index contributed by atoms with van der Waals surface area (Å²) in [5, 5.41) is 8.36. The van der Waals surface area contributed by atoms with Crippen molar-refractivity contribution in [3.05, 3.63) is 80.9 Å². The molecule has 0 bridgehead atoms. The fourth-order valence-electron chi connectivity index (χ4n) is 2.71. The SMILES string of the molecule is CC.CC(=O)N(/N=C(\C)c1ccccc1)c1ccc(NC(=O)NS(=O)C2=CCC=C(Cl)S2)cc1. The van der Waals surface area contributed by atoms with Crippen LogP contribution >= 0.6 is 23.4 Å². The quantitative estimate of drug-likeness (QED) is 0.345. The molecule has 180 valence electrons. The van der Waals surface area contributed by atoms with E-state index in [2.05, 4.69) is 15.1 Å². The van der Waals surface area contributed by atoms with Crippen LogP contribution in [0.3, 0.4) is 0 Å². The monoisotopic (exact) mass is 518 g/mol. The van der Waals surface area contributed by atoms with Gasteiger partial charge in [0.2, 0.25) is 5.91 Å². The van der Waals surface area contributed by atoms with Crippen LogP contribution in [0.4, 0.5) is 16.2 Å². The third kappa shape index (κ3) is 8.16. The summed E-state index contributed by atoms with van der Waals surface area (Å²) in [5.74, 6) is -0.250. The number of rotatable bonds is 6. The molecule has 3 amide bonds. The van der Waals surface area contributed by atoms with Crippen molar-refractivity contribution in [2.75, 3.05) is 10.3 Å². The predicted octanol–water partition coefficient (Wildman–Crippen LogP) is 6.33. The second-order valence-electron chi connectivity index (χ2n) is 6.62. The summed E-state index contributed by atoms with van der Waals surface area (Å²) >= 11 is 7.08. The molecule has 1 aliphatic rings. The van der Waals surface area contributed by atoms with E-state index in [-0.39, 0.29) is 5.91 Å². The van der Waals surface area contributed by atoms with Crippen LogP contribution in [0.1, 0.15) is 39.7 Å². The number of nitrogens with zero attached hydrogens (tertiary/aromatic N) is 2. The van der Waals surface area contributed by atoms with Gasteiger partial charge in [0.25, 0.3) is 0 Å². The van der Waals surface area contributed by atoms with Crippen LogP contribution in [-0.4, -0.2) is 21.9 Å². The third-order valence-corrected chi connectivity index (χ3v) is 6.96. The first-order valence-electron chi connectivity index (χ1n) is 10.6. The Morgan fingerprint density at radius 2 is 1.68 bits per heavy atom. The highest BCUT2D eigenvalue weighted by atomic mass is 35.5. The van der Waals surface area contributed by atoms with E-state index in [1.807, 2.05) is 51.1 Å². The van der Waals surface area contributed by atoms with Gasteiger partial charge in [-0.25, -0.2) is 14.0 Å². The minimum atomic E-state index is -1.71. The zero-order valence-corrected chi connectivity index (χ0v) is 21.8. The first kappa shape index (κ1) is 27.4. The van der Waals surface area contributed by atoms with Crippen LogP contribution in [0.5, 0.6) is 0 Å². The summed E-state index contributed by atoms with van der Waals surface area (Å²) in [5.41, 5.74) is 2.62. The molecule has 0 aromatic heterocycles. The van der Waals surface area contributed by atoms with E-state index in [0.717, 1.165) is 17.3 Å². The fourth-order valence-corrected chi connectivity index (χ4v) is 5.01. The normalized spacial score (nSPS) is 14.0. The van der Waals surface area contributed by atoms with E-state index in [4.69, 9.17) is 11.6 Å². The summed E-state index contributed by atoms with van der Waals surface area (Å²) in [6, 6.07) is 15.5. The second-order valence-corrected chi connectivity index (χ2v) is 9.78. The van der Waals surface area contributed by atoms with Gasteiger partial charge in [0.05, 0.1) is 20.0 Å². The number of carbonyl (C=O) groups excluding carboxylic acids is 2. The zero-order chi connectivity index (χ0) is 25.1. The fraction of sp³-hybridized carbons (Fsp3) is 0.208. The number of nitrogens with one attached hydrogen (secondary N) is 2. The number of hydrogen-bond acceptors (Lipinski definition) is 5. The van der Waals surface area contributed by atoms with Gasteiger partial charge in [-0.1, -0.05) is 79.7 Å². The van der Waals surface area contributed by atoms with Crippen molar-refractivity contribution in [1.82, 2.24) is 4.72 Å². The van der Waals surface area contributed by atoms with Gasteiger partial charge < -0.3 is 5.32 Å². The highest BCUT2D eigenvalue weighted by Gasteiger charge is 2.16. The number of carbonyl (C=O) groups is 2. The van der Waals surface area contributed by atoms with Crippen LogP contribution in [-0.2, 0) is 15.8 Å². The molecule has 0 fully saturated rings. The first-order valence-corrected chi connectivity index (χ1v) is 12.9. The van der Waals surface area contributed by atoms with Gasteiger partial charge in [0, 0.05) is 12.6 Å². The van der Waals surface area contributed by atoms with Crippen molar-refractivity contribution in [1.29, 1.82) is 0 Å². The van der Waals surface area contributed by atoms with Crippen molar-refractivity contribution in [2.24, 2.45) is 5.10 Å². The van der Waals surface area contributed by atoms with E-state index < -0.39 is 17.0 Å². The van der Waals surface area contributed by atoms with Crippen molar-refractivity contribution >= 4 is 63.4 Å². The van der Waals surface area contributed by atoms with Gasteiger partial charge in [-0.3, -0.25) is 9.52 Å². The number of allylic oxidation sites excluding steroid dienone is 2. The molecule has 2 N–H and O–H groups in total. The van der Waals surface area contributed by atoms with Crippen molar-refractivity contribution < 1.29 is 13.8 Å². The summed E-state index contributed by atoms with van der Waals surface area (Å²) < 4.78 is 15.7. The van der Waals surface area contributed by atoms with Crippen LogP contribution in [0.15, 0.2) is 80.5 Å². The van der Waals surface area contributed by atoms with Crippen molar-refractivity contribution in [3.8, 4) is 0 Å². The standard InChI is InChI=1S/C22H21ClN4O3S2.C2H6/c1-15(17-7-4-3-5-8-17)25-27(16(2)28)19-13-11-18(12-14-19)24-22(29)26-32(30)21-10-6-9-20(23)31-21;1-2/h3-5,7-14H,6H2,1-2H3,(H2,24,26,29);1-2H3/b25-15+;. The maximum Gasteiger partial charge on any atom is 0.331 e. The molecule has 2 aromatic carbocycles. The molecule has 0 saturated carbocycles. The van der Waals surface area contributed by atoms with Crippen LogP contribution in [0, 0.1) is 0 Å². The summed E-state index contributed by atoms with van der Waals surface area (Å²) in [6.45, 7) is 7.25. The van der Waals surface area contributed by atoms with Crippen LogP contribution < -0.4 is 15.0 Å². The van der Waals surface area contributed by atoms with E-state index in [1.165, 1.54) is 11.9 Å². The van der Waals surface area contributed by atoms with Gasteiger partial charge in [-0.05, 0) is 43.2 Å². The number of thioether (sulfide) groups is 1. The number of halogens is 1. The minimum absolute atomic E-state index is 0.250. The summed E-state index contributed by atoms with van der Waals surface area (Å²) in [4.78, 5) is 24.3. The number of urea groups is 1. The van der Waals surface area contributed by atoms with Crippen molar-refractivity contribution in [3.63, 3.8) is 0 Å². The maximum absolute atomic E-state index is 12.3. The Kier molecular flexibility index (Phi) is 11.1. The molecule has 1 unspecified atom stereocenters. The smallest absolute Gasteiger partial charge is 0.307 e. The van der Waals surface area contributed by atoms with Gasteiger partial charge in [0.15, 0.2) is 11.0 Å². The lowest BCUT2D eigenvalue weighted by molar-refractivity contribution is -0.116. The Hall–Kier alpha value is -2.88. The zero-order valence-electron chi connectivity index (χ0n) is 19.4. The number of benzene rings is 2. The van der Waals surface area contributed by atoms with Gasteiger partial charge in [-0.15, -0.1) is 0 Å². The molecule has 1 heterocycles. The first-order chi connectivity index (χ1) is 16.3. The molecule has 7 nitrogen and oxygen atoms in total. The lowest BCUT2D eigenvalue weighted by Crippen LogP contribution is -2.30. The Labute approximate surface area is 211 Å². The molecule has 3 rings (SSSR count). The molecular formula is C24H27ClN4O3S2. The lowest BCUT2D eigenvalue weighted by atomic mass is 10.1.